The van der Waals surface area contributed by atoms with Gasteiger partial charge in [0.25, 0.3) is 0 Å². The molecule has 0 heterocycles. The van der Waals surface area contributed by atoms with Crippen LogP contribution in [0.5, 0.6) is 0 Å². The third-order valence-electron chi connectivity index (χ3n) is 3.76. The molecule has 0 radical (unpaired) electrons. The second kappa shape index (κ2) is 5.28. The van der Waals surface area contributed by atoms with Gasteiger partial charge < -0.3 is 4.74 Å². The number of hydrogen-bond donors (Lipinski definition) is 2. The van der Waals surface area contributed by atoms with Crippen LogP contribution in [0.2, 0.25) is 0 Å². The molecule has 3 nitrogen and oxygen atoms in total. The molecule has 15 heavy (non-hydrogen) atoms. The van der Waals surface area contributed by atoms with Gasteiger partial charge in [-0.05, 0) is 44.4 Å². The lowest BCUT2D eigenvalue weighted by atomic mass is 9.77. The van der Waals surface area contributed by atoms with Crippen LogP contribution in [0.1, 0.15) is 45.4 Å². The minimum atomic E-state index is 0.541. The summed E-state index contributed by atoms with van der Waals surface area (Å²) in [5, 5.41) is 0. The summed E-state index contributed by atoms with van der Waals surface area (Å²) in [6.07, 6.45) is 8.41. The Bertz CT molecular complexity index is 188. The standard InChI is InChI=1S/C12H24N2O/c1-2-15-12-7-10(8-12)6-11(14-13)5-9-3-4-9/h9-12,14H,2-8,13H2,1H3. The van der Waals surface area contributed by atoms with E-state index in [1.54, 1.807) is 0 Å². The van der Waals surface area contributed by atoms with Crippen LogP contribution < -0.4 is 11.3 Å². The third-order valence-corrected chi connectivity index (χ3v) is 3.76. The minimum Gasteiger partial charge on any atom is -0.378 e. The minimum absolute atomic E-state index is 0.541. The van der Waals surface area contributed by atoms with Crippen LogP contribution in [0.25, 0.3) is 0 Å². The second-order valence-corrected chi connectivity index (χ2v) is 5.19. The molecule has 0 saturated heterocycles. The fourth-order valence-electron chi connectivity index (χ4n) is 2.63. The average molecular weight is 212 g/mol. The van der Waals surface area contributed by atoms with Gasteiger partial charge in [-0.2, -0.15) is 0 Å². The normalized spacial score (nSPS) is 32.4. The van der Waals surface area contributed by atoms with Gasteiger partial charge in [0.1, 0.15) is 0 Å². The number of ether oxygens (including phenoxy) is 1. The predicted octanol–water partition coefficient (Wildman–Crippen LogP) is 1.82. The molecule has 3 heteroatoms. The third kappa shape index (κ3) is 3.44. The molecule has 3 N–H and O–H groups in total. The number of hydrazine groups is 1. The van der Waals surface area contributed by atoms with Crippen LogP contribution in [0.3, 0.4) is 0 Å². The monoisotopic (exact) mass is 212 g/mol. The zero-order valence-corrected chi connectivity index (χ0v) is 9.74. The fourth-order valence-corrected chi connectivity index (χ4v) is 2.63. The van der Waals surface area contributed by atoms with Gasteiger partial charge in [-0.25, -0.2) is 0 Å². The van der Waals surface area contributed by atoms with Crippen LogP contribution in [0.15, 0.2) is 0 Å². The van der Waals surface area contributed by atoms with Crippen molar-refractivity contribution in [1.82, 2.24) is 5.43 Å². The van der Waals surface area contributed by atoms with Crippen LogP contribution >= 0.6 is 0 Å². The molecule has 0 amide bonds. The van der Waals surface area contributed by atoms with Crippen molar-refractivity contribution in [1.29, 1.82) is 0 Å². The molecule has 88 valence electrons. The first-order valence-electron chi connectivity index (χ1n) is 6.39. The summed E-state index contributed by atoms with van der Waals surface area (Å²) in [6, 6.07) is 0.546. The molecular formula is C12H24N2O. The van der Waals surface area contributed by atoms with E-state index in [0.717, 1.165) is 18.4 Å². The number of nitrogens with two attached hydrogens (primary N) is 1. The molecular weight excluding hydrogens is 188 g/mol. The van der Waals surface area contributed by atoms with E-state index in [1.165, 1.54) is 38.5 Å². The molecule has 2 saturated carbocycles. The topological polar surface area (TPSA) is 47.3 Å². The maximum atomic E-state index is 5.59. The van der Waals surface area contributed by atoms with Crippen molar-refractivity contribution in [2.75, 3.05) is 6.61 Å². The summed E-state index contributed by atoms with van der Waals surface area (Å²) < 4.78 is 5.57. The van der Waals surface area contributed by atoms with Crippen LogP contribution in [0.4, 0.5) is 0 Å². The van der Waals surface area contributed by atoms with Gasteiger partial charge in [0.15, 0.2) is 0 Å². The fraction of sp³-hybridized carbons (Fsp3) is 1.00. The summed E-state index contributed by atoms with van der Waals surface area (Å²) in [7, 11) is 0. The average Bonchev–Trinajstić information content (AvgIpc) is 2.97. The maximum absolute atomic E-state index is 5.59. The van der Waals surface area contributed by atoms with Crippen LogP contribution in [-0.4, -0.2) is 18.8 Å². The van der Waals surface area contributed by atoms with Gasteiger partial charge >= 0.3 is 0 Å². The first kappa shape index (κ1) is 11.4. The Labute approximate surface area is 92.7 Å². The Hall–Kier alpha value is -0.120. The number of hydrogen-bond acceptors (Lipinski definition) is 3. The Morgan fingerprint density at radius 3 is 2.47 bits per heavy atom. The SMILES string of the molecule is CCOC1CC(CC(CC2CC2)NN)C1. The Kier molecular flexibility index (Phi) is 4.00. The lowest BCUT2D eigenvalue weighted by Gasteiger charge is -2.37. The van der Waals surface area contributed by atoms with E-state index >= 15 is 0 Å². The highest BCUT2D eigenvalue weighted by atomic mass is 16.5. The van der Waals surface area contributed by atoms with Crippen molar-refractivity contribution in [3.63, 3.8) is 0 Å². The van der Waals surface area contributed by atoms with Crippen LogP contribution in [0, 0.1) is 11.8 Å². The van der Waals surface area contributed by atoms with Crippen molar-refractivity contribution in [2.45, 2.75) is 57.6 Å². The molecule has 2 rings (SSSR count). The summed E-state index contributed by atoms with van der Waals surface area (Å²) in [6.45, 7) is 2.93. The van der Waals surface area contributed by atoms with E-state index in [2.05, 4.69) is 12.3 Å². The molecule has 2 aliphatic rings. The molecule has 0 aliphatic heterocycles. The predicted molar refractivity (Wildman–Crippen MR) is 61.2 cm³/mol. The lowest BCUT2D eigenvalue weighted by Crippen LogP contribution is -2.41. The van der Waals surface area contributed by atoms with Gasteiger partial charge in [0.2, 0.25) is 0 Å². The van der Waals surface area contributed by atoms with Gasteiger partial charge in [-0.15, -0.1) is 0 Å². The van der Waals surface area contributed by atoms with Gasteiger partial charge in [0.05, 0.1) is 6.10 Å². The zero-order chi connectivity index (χ0) is 10.7. The van der Waals surface area contributed by atoms with Crippen molar-refractivity contribution < 1.29 is 4.74 Å². The molecule has 1 unspecified atom stereocenters. The molecule has 2 fully saturated rings. The first-order valence-corrected chi connectivity index (χ1v) is 6.39. The Balaban J connectivity index is 1.59. The molecule has 0 aromatic heterocycles. The van der Waals surface area contributed by atoms with Crippen molar-refractivity contribution in [2.24, 2.45) is 17.7 Å². The lowest BCUT2D eigenvalue weighted by molar-refractivity contribution is -0.0293. The van der Waals surface area contributed by atoms with Crippen LogP contribution in [-0.2, 0) is 4.74 Å². The molecule has 0 aromatic carbocycles. The highest BCUT2D eigenvalue weighted by molar-refractivity contribution is 4.86. The number of nitrogens with one attached hydrogen (secondary N) is 1. The van der Waals surface area contributed by atoms with Crippen molar-refractivity contribution in [3.8, 4) is 0 Å². The molecule has 0 spiro atoms. The summed E-state index contributed by atoms with van der Waals surface area (Å²) in [5.41, 5.74) is 2.98. The Morgan fingerprint density at radius 2 is 1.93 bits per heavy atom. The molecule has 0 aromatic rings. The summed E-state index contributed by atoms with van der Waals surface area (Å²) in [4.78, 5) is 0. The van der Waals surface area contributed by atoms with E-state index in [-0.39, 0.29) is 0 Å². The highest BCUT2D eigenvalue weighted by Gasteiger charge is 2.33. The van der Waals surface area contributed by atoms with Gasteiger partial charge in [-0.1, -0.05) is 12.8 Å². The first-order chi connectivity index (χ1) is 7.31. The molecule has 0 bridgehead atoms. The van der Waals surface area contributed by atoms with E-state index in [4.69, 9.17) is 10.6 Å². The van der Waals surface area contributed by atoms with Gasteiger partial charge in [-0.3, -0.25) is 11.3 Å². The van der Waals surface area contributed by atoms with Gasteiger partial charge in [0, 0.05) is 12.6 Å². The quantitative estimate of drug-likeness (QED) is 0.500. The maximum Gasteiger partial charge on any atom is 0.0580 e. The summed E-state index contributed by atoms with van der Waals surface area (Å²) in [5.74, 6) is 7.40. The van der Waals surface area contributed by atoms with E-state index in [9.17, 15) is 0 Å². The Morgan fingerprint density at radius 1 is 1.27 bits per heavy atom. The summed E-state index contributed by atoms with van der Waals surface area (Å²) >= 11 is 0. The zero-order valence-electron chi connectivity index (χ0n) is 9.74. The highest BCUT2D eigenvalue weighted by Crippen LogP contribution is 2.38. The van der Waals surface area contributed by atoms with E-state index < -0.39 is 0 Å². The van der Waals surface area contributed by atoms with E-state index in [0.29, 0.717) is 12.1 Å². The smallest absolute Gasteiger partial charge is 0.0580 e. The second-order valence-electron chi connectivity index (χ2n) is 5.19. The van der Waals surface area contributed by atoms with Crippen molar-refractivity contribution >= 4 is 0 Å². The molecule has 1 atom stereocenters. The number of rotatable bonds is 7. The molecule has 2 aliphatic carbocycles. The largest absolute Gasteiger partial charge is 0.378 e. The van der Waals surface area contributed by atoms with E-state index in [1.807, 2.05) is 0 Å². The van der Waals surface area contributed by atoms with Crippen molar-refractivity contribution in [3.05, 3.63) is 0 Å².